The number of nitrogens with two attached hydrogens (primary N) is 1. The van der Waals surface area contributed by atoms with Gasteiger partial charge in [-0.25, -0.2) is 8.42 Å². The third-order valence-corrected chi connectivity index (χ3v) is 5.16. The first kappa shape index (κ1) is 11.8. The summed E-state index contributed by atoms with van der Waals surface area (Å²) in [6, 6.07) is 5.25. The smallest absolute Gasteiger partial charge is 0.182 e. The van der Waals surface area contributed by atoms with E-state index in [0.29, 0.717) is 17.1 Å². The molecule has 16 heavy (non-hydrogen) atoms. The van der Waals surface area contributed by atoms with Gasteiger partial charge in [-0.2, -0.15) is 0 Å². The molecule has 0 radical (unpaired) electrons. The van der Waals surface area contributed by atoms with Crippen LogP contribution in [0.5, 0.6) is 0 Å². The van der Waals surface area contributed by atoms with E-state index in [9.17, 15) is 8.42 Å². The van der Waals surface area contributed by atoms with Crippen LogP contribution in [0.25, 0.3) is 0 Å². The molecule has 3 N–H and O–H groups in total. The van der Waals surface area contributed by atoms with Crippen molar-refractivity contribution in [2.75, 3.05) is 23.9 Å². The van der Waals surface area contributed by atoms with E-state index < -0.39 is 9.84 Å². The van der Waals surface area contributed by atoms with Gasteiger partial charge < -0.3 is 11.1 Å². The summed E-state index contributed by atoms with van der Waals surface area (Å²) in [6.07, 6.45) is 1.92. The largest absolute Gasteiger partial charge is 0.379 e. The van der Waals surface area contributed by atoms with Crippen molar-refractivity contribution in [1.29, 1.82) is 0 Å². The molecule has 0 saturated carbocycles. The highest BCUT2D eigenvalue weighted by atomic mass is 32.2. The van der Waals surface area contributed by atoms with Crippen molar-refractivity contribution >= 4 is 27.3 Å². The molecule has 1 unspecified atom stereocenters. The molecule has 0 bridgehead atoms. The van der Waals surface area contributed by atoms with E-state index in [1.165, 1.54) is 11.8 Å². The highest BCUT2D eigenvalue weighted by Crippen LogP contribution is 2.31. The molecule has 1 aliphatic rings. The number of thioether (sulfide) groups is 1. The van der Waals surface area contributed by atoms with Crippen molar-refractivity contribution in [2.24, 2.45) is 5.73 Å². The molecule has 4 nitrogen and oxygen atoms in total. The Bertz CT molecular complexity index is 500. The fourth-order valence-corrected chi connectivity index (χ4v) is 3.96. The van der Waals surface area contributed by atoms with Crippen molar-refractivity contribution < 1.29 is 8.42 Å². The molecule has 1 aromatic carbocycles. The Morgan fingerprint density at radius 1 is 1.56 bits per heavy atom. The Balaban J connectivity index is 2.52. The van der Waals surface area contributed by atoms with Gasteiger partial charge in [0, 0.05) is 11.4 Å². The van der Waals surface area contributed by atoms with E-state index in [1.807, 2.05) is 12.3 Å². The van der Waals surface area contributed by atoms with Gasteiger partial charge in [-0.05, 0) is 24.5 Å². The number of sulfone groups is 1. The predicted molar refractivity (Wildman–Crippen MR) is 66.7 cm³/mol. The molecule has 2 rings (SSSR count). The van der Waals surface area contributed by atoms with Gasteiger partial charge in [0.1, 0.15) is 0 Å². The minimum atomic E-state index is -3.19. The summed E-state index contributed by atoms with van der Waals surface area (Å²) in [5.74, 6) is 0.0777. The number of rotatable bonds is 2. The van der Waals surface area contributed by atoms with Crippen molar-refractivity contribution in [2.45, 2.75) is 15.8 Å². The summed E-state index contributed by atoms with van der Waals surface area (Å²) in [5.41, 5.74) is 6.17. The molecule has 1 aliphatic heterocycles. The zero-order valence-corrected chi connectivity index (χ0v) is 10.6. The fraction of sp³-hybridized carbons (Fsp3) is 0.400. The van der Waals surface area contributed by atoms with Gasteiger partial charge in [-0.15, -0.1) is 11.8 Å². The van der Waals surface area contributed by atoms with Gasteiger partial charge in [0.15, 0.2) is 9.84 Å². The van der Waals surface area contributed by atoms with Crippen LogP contribution in [0, 0.1) is 0 Å². The van der Waals surface area contributed by atoms with Gasteiger partial charge >= 0.3 is 0 Å². The van der Waals surface area contributed by atoms with E-state index >= 15 is 0 Å². The summed E-state index contributed by atoms with van der Waals surface area (Å²) in [6.45, 7) is 0.322. The average molecular weight is 258 g/mol. The highest BCUT2D eigenvalue weighted by molar-refractivity contribution is 7.98. The maximum absolute atomic E-state index is 12.0. The van der Waals surface area contributed by atoms with Crippen molar-refractivity contribution in [3.05, 3.63) is 18.2 Å². The van der Waals surface area contributed by atoms with Gasteiger partial charge in [-0.3, -0.25) is 0 Å². The molecule has 0 amide bonds. The summed E-state index contributed by atoms with van der Waals surface area (Å²) in [4.78, 5) is 1.35. The first-order chi connectivity index (χ1) is 7.56. The Labute approximate surface area is 99.5 Å². The molecule has 88 valence electrons. The monoisotopic (exact) mass is 258 g/mol. The van der Waals surface area contributed by atoms with E-state index in [4.69, 9.17) is 5.73 Å². The fourth-order valence-electron chi connectivity index (χ4n) is 1.75. The summed E-state index contributed by atoms with van der Waals surface area (Å²) in [5, 5.41) is 3.14. The third-order valence-electron chi connectivity index (χ3n) is 2.59. The van der Waals surface area contributed by atoms with Crippen molar-refractivity contribution in [3.8, 4) is 0 Å². The lowest BCUT2D eigenvalue weighted by atomic mass is 10.2. The van der Waals surface area contributed by atoms with Gasteiger partial charge in [0.2, 0.25) is 0 Å². The maximum Gasteiger partial charge on any atom is 0.182 e. The minimum absolute atomic E-state index is 0.0777. The lowest BCUT2D eigenvalue weighted by Crippen LogP contribution is -2.39. The minimum Gasteiger partial charge on any atom is -0.379 e. The number of anilines is 1. The van der Waals surface area contributed by atoms with Crippen LogP contribution in [0.3, 0.4) is 0 Å². The van der Waals surface area contributed by atoms with Gasteiger partial charge in [-0.1, -0.05) is 0 Å². The quantitative estimate of drug-likeness (QED) is 0.772. The molecule has 6 heteroatoms. The zero-order valence-electron chi connectivity index (χ0n) is 8.93. The third kappa shape index (κ3) is 2.05. The van der Waals surface area contributed by atoms with E-state index in [2.05, 4.69) is 5.32 Å². The van der Waals surface area contributed by atoms with Crippen molar-refractivity contribution in [1.82, 2.24) is 0 Å². The standard InChI is InChI=1S/C10H14N2O2S2/c1-15-8-2-3-9-10(4-8)16(13,14)6-7(5-11)12-9/h2-4,7,12H,5-6,11H2,1H3. The second kappa shape index (κ2) is 4.27. The Kier molecular flexibility index (Phi) is 3.14. The summed E-state index contributed by atoms with van der Waals surface area (Å²) < 4.78 is 24.0. The Morgan fingerprint density at radius 3 is 2.94 bits per heavy atom. The number of nitrogens with one attached hydrogen (secondary N) is 1. The first-order valence-electron chi connectivity index (χ1n) is 4.94. The SMILES string of the molecule is CSc1ccc2c(c1)S(=O)(=O)CC(CN)N2. The second-order valence-corrected chi connectivity index (χ2v) is 6.60. The number of hydrogen-bond acceptors (Lipinski definition) is 5. The topological polar surface area (TPSA) is 72.2 Å². The van der Waals surface area contributed by atoms with E-state index in [-0.39, 0.29) is 11.8 Å². The van der Waals surface area contributed by atoms with E-state index in [0.717, 1.165) is 4.90 Å². The number of fused-ring (bicyclic) bond motifs is 1. The Morgan fingerprint density at radius 2 is 2.31 bits per heavy atom. The van der Waals surface area contributed by atoms with Crippen molar-refractivity contribution in [3.63, 3.8) is 0 Å². The molecular formula is C10H14N2O2S2. The summed E-state index contributed by atoms with van der Waals surface area (Å²) >= 11 is 1.53. The maximum atomic E-state index is 12.0. The lowest BCUT2D eigenvalue weighted by molar-refractivity contribution is 0.585. The first-order valence-corrected chi connectivity index (χ1v) is 7.82. The van der Waals surface area contributed by atoms with Crippen LogP contribution in [-0.4, -0.2) is 33.0 Å². The number of benzene rings is 1. The molecule has 1 atom stereocenters. The van der Waals surface area contributed by atoms with Crippen LogP contribution in [0.15, 0.2) is 28.0 Å². The van der Waals surface area contributed by atoms with Gasteiger partial charge in [0.05, 0.1) is 22.4 Å². The molecule has 0 saturated heterocycles. The van der Waals surface area contributed by atoms with Crippen LogP contribution in [0.4, 0.5) is 5.69 Å². The molecule has 0 fully saturated rings. The average Bonchev–Trinajstić information content (AvgIpc) is 2.27. The molecular weight excluding hydrogens is 244 g/mol. The Hall–Kier alpha value is -0.720. The summed E-state index contributed by atoms with van der Waals surface area (Å²) in [7, 11) is -3.19. The molecule has 1 aromatic rings. The van der Waals surface area contributed by atoms with Crippen LogP contribution in [0.2, 0.25) is 0 Å². The zero-order chi connectivity index (χ0) is 11.8. The highest BCUT2D eigenvalue weighted by Gasteiger charge is 2.29. The van der Waals surface area contributed by atoms with Crippen LogP contribution >= 0.6 is 11.8 Å². The molecule has 0 spiro atoms. The molecule has 1 heterocycles. The molecule has 0 aliphatic carbocycles. The van der Waals surface area contributed by atoms with Crippen LogP contribution in [-0.2, 0) is 9.84 Å². The van der Waals surface area contributed by atoms with E-state index in [1.54, 1.807) is 12.1 Å². The van der Waals surface area contributed by atoms with Crippen LogP contribution < -0.4 is 11.1 Å². The molecule has 0 aromatic heterocycles. The normalized spacial score (nSPS) is 22.2. The number of hydrogen-bond donors (Lipinski definition) is 2. The lowest BCUT2D eigenvalue weighted by Gasteiger charge is -2.26. The predicted octanol–water partition coefficient (Wildman–Crippen LogP) is 0.935. The van der Waals surface area contributed by atoms with Gasteiger partial charge in [0.25, 0.3) is 0 Å². The second-order valence-electron chi connectivity index (χ2n) is 3.72. The van der Waals surface area contributed by atoms with Crippen LogP contribution in [0.1, 0.15) is 0 Å².